The number of ether oxygens (including phenoxy) is 2. The summed E-state index contributed by atoms with van der Waals surface area (Å²) in [6, 6.07) is 14.2. The maximum absolute atomic E-state index is 6.76. The van der Waals surface area contributed by atoms with Gasteiger partial charge in [-0.1, -0.05) is 24.3 Å². The molecule has 1 aliphatic carbocycles. The average molecular weight is 269 g/mol. The van der Waals surface area contributed by atoms with Crippen LogP contribution in [0, 0.1) is 0 Å². The Labute approximate surface area is 119 Å². The molecule has 0 aliphatic heterocycles. The topological polar surface area (TPSA) is 44.5 Å². The van der Waals surface area contributed by atoms with Gasteiger partial charge in [0.1, 0.15) is 11.5 Å². The van der Waals surface area contributed by atoms with Crippen molar-refractivity contribution in [3.05, 3.63) is 59.2 Å². The first-order chi connectivity index (χ1) is 9.69. The van der Waals surface area contributed by atoms with Crippen molar-refractivity contribution in [3.8, 4) is 11.5 Å². The van der Waals surface area contributed by atoms with E-state index in [1.54, 1.807) is 14.2 Å². The number of methoxy groups -OCH3 is 2. The van der Waals surface area contributed by atoms with Gasteiger partial charge in [-0.05, 0) is 42.2 Å². The first-order valence-corrected chi connectivity index (χ1v) is 6.79. The largest absolute Gasteiger partial charge is 0.497 e. The summed E-state index contributed by atoms with van der Waals surface area (Å²) in [5.41, 5.74) is 9.75. The van der Waals surface area contributed by atoms with E-state index in [1.807, 2.05) is 24.3 Å². The van der Waals surface area contributed by atoms with Crippen molar-refractivity contribution in [2.45, 2.75) is 18.4 Å². The molecule has 20 heavy (non-hydrogen) atoms. The van der Waals surface area contributed by atoms with E-state index in [0.29, 0.717) is 0 Å². The molecule has 3 rings (SSSR count). The Bertz CT molecular complexity index is 639. The first kappa shape index (κ1) is 13.0. The van der Waals surface area contributed by atoms with Gasteiger partial charge >= 0.3 is 0 Å². The standard InChI is InChI=1S/C17H19NO2/c1-19-13-7-8-16(20-2)15(11-13)17(18)10-9-12-5-3-4-6-14(12)17/h3-8,11H,9-10,18H2,1-2H3. The molecular formula is C17H19NO2. The molecule has 1 aliphatic rings. The van der Waals surface area contributed by atoms with E-state index in [1.165, 1.54) is 11.1 Å². The Morgan fingerprint density at radius 1 is 1.00 bits per heavy atom. The SMILES string of the molecule is COc1ccc(OC)c(C2(N)CCc3ccccc32)c1. The predicted molar refractivity (Wildman–Crippen MR) is 79.3 cm³/mol. The van der Waals surface area contributed by atoms with Crippen LogP contribution in [0.25, 0.3) is 0 Å². The summed E-state index contributed by atoms with van der Waals surface area (Å²) < 4.78 is 10.8. The van der Waals surface area contributed by atoms with E-state index < -0.39 is 5.54 Å². The van der Waals surface area contributed by atoms with Crippen molar-refractivity contribution < 1.29 is 9.47 Å². The lowest BCUT2D eigenvalue weighted by Crippen LogP contribution is -2.35. The number of aryl methyl sites for hydroxylation is 1. The van der Waals surface area contributed by atoms with E-state index in [9.17, 15) is 0 Å². The van der Waals surface area contributed by atoms with Gasteiger partial charge in [0.2, 0.25) is 0 Å². The molecule has 2 aromatic rings. The number of benzene rings is 2. The van der Waals surface area contributed by atoms with Crippen LogP contribution in [-0.4, -0.2) is 14.2 Å². The van der Waals surface area contributed by atoms with Crippen LogP contribution in [0.1, 0.15) is 23.1 Å². The zero-order valence-electron chi connectivity index (χ0n) is 11.8. The highest BCUT2D eigenvalue weighted by atomic mass is 16.5. The van der Waals surface area contributed by atoms with Gasteiger partial charge in [0, 0.05) is 5.56 Å². The van der Waals surface area contributed by atoms with Crippen LogP contribution in [0.5, 0.6) is 11.5 Å². The summed E-state index contributed by atoms with van der Waals surface area (Å²) in [6.45, 7) is 0. The second-order valence-corrected chi connectivity index (χ2v) is 5.19. The Hall–Kier alpha value is -2.00. The first-order valence-electron chi connectivity index (χ1n) is 6.79. The molecule has 0 heterocycles. The Balaban J connectivity index is 2.18. The highest BCUT2D eigenvalue weighted by Gasteiger charge is 2.38. The van der Waals surface area contributed by atoms with Gasteiger partial charge in [0.05, 0.1) is 19.8 Å². The molecule has 3 heteroatoms. The van der Waals surface area contributed by atoms with E-state index >= 15 is 0 Å². The van der Waals surface area contributed by atoms with E-state index in [2.05, 4.69) is 18.2 Å². The Morgan fingerprint density at radius 3 is 2.55 bits per heavy atom. The molecule has 0 amide bonds. The second kappa shape index (κ2) is 4.84. The Kier molecular flexibility index (Phi) is 3.14. The maximum atomic E-state index is 6.76. The van der Waals surface area contributed by atoms with Gasteiger partial charge in [-0.25, -0.2) is 0 Å². The summed E-state index contributed by atoms with van der Waals surface area (Å²) in [5, 5.41) is 0. The molecule has 2 N–H and O–H groups in total. The third-order valence-electron chi connectivity index (χ3n) is 4.17. The summed E-state index contributed by atoms with van der Waals surface area (Å²) in [6.07, 6.45) is 1.88. The van der Waals surface area contributed by atoms with Crippen LogP contribution in [0.2, 0.25) is 0 Å². The minimum Gasteiger partial charge on any atom is -0.497 e. The fourth-order valence-corrected chi connectivity index (χ4v) is 3.08. The molecule has 0 aromatic heterocycles. The van der Waals surface area contributed by atoms with Gasteiger partial charge in [0.25, 0.3) is 0 Å². The highest BCUT2D eigenvalue weighted by molar-refractivity contribution is 5.53. The summed E-state index contributed by atoms with van der Waals surface area (Å²) in [4.78, 5) is 0. The zero-order chi connectivity index (χ0) is 14.2. The van der Waals surface area contributed by atoms with Crippen LogP contribution < -0.4 is 15.2 Å². The van der Waals surface area contributed by atoms with Crippen LogP contribution in [0.4, 0.5) is 0 Å². The van der Waals surface area contributed by atoms with Gasteiger partial charge in [-0.15, -0.1) is 0 Å². The van der Waals surface area contributed by atoms with Crippen molar-refractivity contribution in [2.24, 2.45) is 5.73 Å². The van der Waals surface area contributed by atoms with Crippen molar-refractivity contribution >= 4 is 0 Å². The molecule has 1 unspecified atom stereocenters. The number of nitrogens with two attached hydrogens (primary N) is 1. The second-order valence-electron chi connectivity index (χ2n) is 5.19. The highest BCUT2D eigenvalue weighted by Crippen LogP contribution is 2.44. The third-order valence-corrected chi connectivity index (χ3v) is 4.17. The summed E-state index contributed by atoms with van der Waals surface area (Å²) in [5.74, 6) is 1.61. The normalized spacial score (nSPS) is 20.6. The average Bonchev–Trinajstić information content (AvgIpc) is 2.85. The minimum atomic E-state index is -0.503. The number of fused-ring (bicyclic) bond motifs is 1. The van der Waals surface area contributed by atoms with Crippen molar-refractivity contribution in [1.82, 2.24) is 0 Å². The molecule has 3 nitrogen and oxygen atoms in total. The van der Waals surface area contributed by atoms with Crippen molar-refractivity contribution in [2.75, 3.05) is 14.2 Å². The van der Waals surface area contributed by atoms with Gasteiger partial charge in [0.15, 0.2) is 0 Å². The Morgan fingerprint density at radius 2 is 1.80 bits per heavy atom. The molecule has 0 radical (unpaired) electrons. The number of rotatable bonds is 3. The summed E-state index contributed by atoms with van der Waals surface area (Å²) >= 11 is 0. The maximum Gasteiger partial charge on any atom is 0.124 e. The molecule has 0 fully saturated rings. The van der Waals surface area contributed by atoms with E-state index in [4.69, 9.17) is 15.2 Å². The number of hydrogen-bond acceptors (Lipinski definition) is 3. The lowest BCUT2D eigenvalue weighted by atomic mass is 9.84. The smallest absolute Gasteiger partial charge is 0.124 e. The van der Waals surface area contributed by atoms with Crippen molar-refractivity contribution in [3.63, 3.8) is 0 Å². The van der Waals surface area contributed by atoms with Crippen molar-refractivity contribution in [1.29, 1.82) is 0 Å². The molecule has 0 spiro atoms. The lowest BCUT2D eigenvalue weighted by Gasteiger charge is -2.28. The van der Waals surface area contributed by atoms with Crippen LogP contribution in [0.15, 0.2) is 42.5 Å². The van der Waals surface area contributed by atoms with Crippen LogP contribution >= 0.6 is 0 Å². The molecule has 0 bridgehead atoms. The van der Waals surface area contributed by atoms with E-state index in [0.717, 1.165) is 29.9 Å². The quantitative estimate of drug-likeness (QED) is 0.932. The molecule has 2 aromatic carbocycles. The third kappa shape index (κ3) is 1.86. The molecule has 0 saturated heterocycles. The molecule has 1 atom stereocenters. The van der Waals surface area contributed by atoms with Crippen LogP contribution in [-0.2, 0) is 12.0 Å². The number of hydrogen-bond donors (Lipinski definition) is 1. The van der Waals surface area contributed by atoms with Gasteiger partial charge in [-0.3, -0.25) is 0 Å². The fraction of sp³-hybridized carbons (Fsp3) is 0.294. The predicted octanol–water partition coefficient (Wildman–Crippen LogP) is 2.85. The van der Waals surface area contributed by atoms with Gasteiger partial charge < -0.3 is 15.2 Å². The lowest BCUT2D eigenvalue weighted by molar-refractivity contribution is 0.384. The molecule has 0 saturated carbocycles. The van der Waals surface area contributed by atoms with E-state index in [-0.39, 0.29) is 0 Å². The minimum absolute atomic E-state index is 0.503. The van der Waals surface area contributed by atoms with Crippen LogP contribution in [0.3, 0.4) is 0 Å². The zero-order valence-corrected chi connectivity index (χ0v) is 11.8. The van der Waals surface area contributed by atoms with Gasteiger partial charge in [-0.2, -0.15) is 0 Å². The molecule has 104 valence electrons. The monoisotopic (exact) mass is 269 g/mol. The molecular weight excluding hydrogens is 250 g/mol. The summed E-state index contributed by atoms with van der Waals surface area (Å²) in [7, 11) is 3.34. The fourth-order valence-electron chi connectivity index (χ4n) is 3.08.